The largest absolute Gasteiger partial charge is 0.507 e. The molecule has 1 N–H and O–H groups in total. The molecule has 0 atom stereocenters. The molecule has 0 amide bonds. The Hall–Kier alpha value is -1.36. The predicted molar refractivity (Wildman–Crippen MR) is 74.5 cm³/mol. The SMILES string of the molecule is Oc1cc(Cl)ccc1-c1nnc(Cl)c2ccsc12. The van der Waals surface area contributed by atoms with E-state index in [1.54, 1.807) is 12.1 Å². The summed E-state index contributed by atoms with van der Waals surface area (Å²) in [6.07, 6.45) is 0. The Bertz CT molecular complexity index is 742. The van der Waals surface area contributed by atoms with E-state index in [2.05, 4.69) is 10.2 Å². The average Bonchev–Trinajstić information content (AvgIpc) is 2.81. The fourth-order valence-corrected chi connectivity index (χ4v) is 3.04. The highest BCUT2D eigenvalue weighted by molar-refractivity contribution is 7.17. The van der Waals surface area contributed by atoms with Crippen molar-refractivity contribution in [1.29, 1.82) is 0 Å². The lowest BCUT2D eigenvalue weighted by molar-refractivity contribution is 0.477. The molecule has 0 saturated carbocycles. The smallest absolute Gasteiger partial charge is 0.160 e. The average molecular weight is 297 g/mol. The molecule has 18 heavy (non-hydrogen) atoms. The van der Waals surface area contributed by atoms with Crippen LogP contribution < -0.4 is 0 Å². The fourth-order valence-electron chi connectivity index (χ4n) is 1.73. The van der Waals surface area contributed by atoms with E-state index in [-0.39, 0.29) is 5.75 Å². The Labute approximate surface area is 117 Å². The van der Waals surface area contributed by atoms with E-state index in [4.69, 9.17) is 23.2 Å². The third kappa shape index (κ3) is 1.82. The normalized spacial score (nSPS) is 11.0. The Balaban J connectivity index is 2.32. The number of phenols is 1. The van der Waals surface area contributed by atoms with Gasteiger partial charge in [0.1, 0.15) is 11.4 Å². The van der Waals surface area contributed by atoms with Crippen molar-refractivity contribution < 1.29 is 5.11 Å². The topological polar surface area (TPSA) is 46.0 Å². The summed E-state index contributed by atoms with van der Waals surface area (Å²) in [6, 6.07) is 6.78. The van der Waals surface area contributed by atoms with E-state index in [0.717, 1.165) is 10.1 Å². The van der Waals surface area contributed by atoms with Crippen LogP contribution in [-0.2, 0) is 0 Å². The van der Waals surface area contributed by atoms with Gasteiger partial charge >= 0.3 is 0 Å². The number of phenolic OH excluding ortho intramolecular Hbond substituents is 1. The highest BCUT2D eigenvalue weighted by Gasteiger charge is 2.14. The summed E-state index contributed by atoms with van der Waals surface area (Å²) in [4.78, 5) is 0. The molecule has 1 aromatic carbocycles. The molecule has 2 aromatic heterocycles. The molecule has 0 aliphatic carbocycles. The van der Waals surface area contributed by atoms with Crippen molar-refractivity contribution in [1.82, 2.24) is 10.2 Å². The van der Waals surface area contributed by atoms with Crippen LogP contribution in [0.4, 0.5) is 0 Å². The van der Waals surface area contributed by atoms with E-state index in [1.807, 2.05) is 11.4 Å². The van der Waals surface area contributed by atoms with Gasteiger partial charge in [0.05, 0.1) is 4.70 Å². The predicted octanol–water partition coefficient (Wildman–Crippen LogP) is 4.37. The van der Waals surface area contributed by atoms with Crippen LogP contribution in [0.5, 0.6) is 5.75 Å². The van der Waals surface area contributed by atoms with Gasteiger partial charge in [-0.15, -0.1) is 21.5 Å². The van der Waals surface area contributed by atoms with Crippen LogP contribution in [0.2, 0.25) is 10.2 Å². The number of aromatic hydroxyl groups is 1. The van der Waals surface area contributed by atoms with Crippen LogP contribution in [-0.4, -0.2) is 15.3 Å². The first-order valence-corrected chi connectivity index (χ1v) is 6.68. The lowest BCUT2D eigenvalue weighted by Crippen LogP contribution is -1.89. The zero-order valence-corrected chi connectivity index (χ0v) is 11.2. The maximum Gasteiger partial charge on any atom is 0.160 e. The molecular formula is C12H6Cl2N2OS. The summed E-state index contributed by atoms with van der Waals surface area (Å²) >= 11 is 13.3. The van der Waals surface area contributed by atoms with Gasteiger partial charge in [0.15, 0.2) is 5.15 Å². The number of aromatic nitrogens is 2. The molecule has 3 rings (SSSR count). The first-order valence-electron chi connectivity index (χ1n) is 5.05. The van der Waals surface area contributed by atoms with Crippen molar-refractivity contribution in [2.45, 2.75) is 0 Å². The molecule has 0 spiro atoms. The maximum atomic E-state index is 9.93. The van der Waals surface area contributed by atoms with Crippen LogP contribution in [0.1, 0.15) is 0 Å². The Morgan fingerprint density at radius 3 is 2.72 bits per heavy atom. The second-order valence-electron chi connectivity index (χ2n) is 3.66. The first-order chi connectivity index (χ1) is 8.66. The number of hydrogen-bond acceptors (Lipinski definition) is 4. The zero-order valence-electron chi connectivity index (χ0n) is 8.89. The van der Waals surface area contributed by atoms with Crippen molar-refractivity contribution in [3.8, 4) is 17.0 Å². The highest BCUT2D eigenvalue weighted by atomic mass is 35.5. The maximum absolute atomic E-state index is 9.93. The lowest BCUT2D eigenvalue weighted by Gasteiger charge is -2.05. The van der Waals surface area contributed by atoms with Gasteiger partial charge in [-0.25, -0.2) is 0 Å². The Morgan fingerprint density at radius 1 is 1.11 bits per heavy atom. The van der Waals surface area contributed by atoms with E-state index in [1.165, 1.54) is 17.4 Å². The van der Waals surface area contributed by atoms with Gasteiger partial charge in [0, 0.05) is 16.0 Å². The molecular weight excluding hydrogens is 291 g/mol. The number of rotatable bonds is 1. The molecule has 0 fully saturated rings. The third-order valence-corrected chi connectivity index (χ3v) is 3.99. The second-order valence-corrected chi connectivity index (χ2v) is 5.37. The summed E-state index contributed by atoms with van der Waals surface area (Å²) in [6.45, 7) is 0. The third-order valence-electron chi connectivity index (χ3n) is 2.56. The summed E-state index contributed by atoms with van der Waals surface area (Å²) in [5, 5.41) is 21.5. The van der Waals surface area contributed by atoms with E-state index < -0.39 is 0 Å². The fraction of sp³-hybridized carbons (Fsp3) is 0. The molecule has 0 aliphatic rings. The quantitative estimate of drug-likeness (QED) is 0.725. The molecule has 0 unspecified atom stereocenters. The van der Waals surface area contributed by atoms with Gasteiger partial charge < -0.3 is 5.11 Å². The van der Waals surface area contributed by atoms with Gasteiger partial charge in [-0.05, 0) is 29.6 Å². The van der Waals surface area contributed by atoms with Gasteiger partial charge in [0.25, 0.3) is 0 Å². The molecule has 0 radical (unpaired) electrons. The van der Waals surface area contributed by atoms with Crippen LogP contribution in [0.15, 0.2) is 29.6 Å². The molecule has 0 bridgehead atoms. The van der Waals surface area contributed by atoms with Crippen molar-refractivity contribution >= 4 is 44.6 Å². The Morgan fingerprint density at radius 2 is 1.94 bits per heavy atom. The molecule has 0 aliphatic heterocycles. The number of halogens is 2. The van der Waals surface area contributed by atoms with E-state index in [9.17, 15) is 5.11 Å². The van der Waals surface area contributed by atoms with Crippen LogP contribution in [0.3, 0.4) is 0 Å². The van der Waals surface area contributed by atoms with Crippen molar-refractivity contribution in [3.63, 3.8) is 0 Å². The van der Waals surface area contributed by atoms with Gasteiger partial charge in [-0.3, -0.25) is 0 Å². The number of fused-ring (bicyclic) bond motifs is 1. The van der Waals surface area contributed by atoms with Crippen LogP contribution in [0, 0.1) is 0 Å². The van der Waals surface area contributed by atoms with Crippen LogP contribution in [0.25, 0.3) is 21.3 Å². The van der Waals surface area contributed by atoms with Crippen molar-refractivity contribution in [3.05, 3.63) is 39.8 Å². The molecule has 6 heteroatoms. The van der Waals surface area contributed by atoms with E-state index >= 15 is 0 Å². The molecule has 0 saturated heterocycles. The minimum absolute atomic E-state index is 0.0776. The summed E-state index contributed by atoms with van der Waals surface area (Å²) in [5.74, 6) is 0.0776. The second kappa shape index (κ2) is 4.39. The number of benzene rings is 1. The monoisotopic (exact) mass is 296 g/mol. The standard InChI is InChI=1S/C12H6Cl2N2OS/c13-6-1-2-7(9(17)5-6)10-11-8(3-4-18-11)12(14)16-15-10/h1-5,17H. The molecule has 2 heterocycles. The van der Waals surface area contributed by atoms with E-state index in [0.29, 0.717) is 21.4 Å². The Kier molecular flexibility index (Phi) is 2.86. The summed E-state index contributed by atoms with van der Waals surface area (Å²) in [5.41, 5.74) is 1.20. The molecule has 3 aromatic rings. The first kappa shape index (κ1) is 11.7. The van der Waals surface area contributed by atoms with Gasteiger partial charge in [-0.2, -0.15) is 0 Å². The number of thiophene rings is 1. The molecule has 90 valence electrons. The van der Waals surface area contributed by atoms with Gasteiger partial charge in [0.2, 0.25) is 0 Å². The zero-order chi connectivity index (χ0) is 12.7. The van der Waals surface area contributed by atoms with Crippen LogP contribution >= 0.6 is 34.5 Å². The lowest BCUT2D eigenvalue weighted by atomic mass is 10.1. The minimum atomic E-state index is 0.0776. The number of hydrogen-bond donors (Lipinski definition) is 1. The van der Waals surface area contributed by atoms with Gasteiger partial charge in [-0.1, -0.05) is 23.2 Å². The summed E-state index contributed by atoms with van der Waals surface area (Å²) < 4.78 is 0.896. The highest BCUT2D eigenvalue weighted by Crippen LogP contribution is 2.37. The summed E-state index contributed by atoms with van der Waals surface area (Å²) in [7, 11) is 0. The minimum Gasteiger partial charge on any atom is -0.507 e. The number of nitrogens with zero attached hydrogens (tertiary/aromatic N) is 2. The van der Waals surface area contributed by atoms with Crippen molar-refractivity contribution in [2.24, 2.45) is 0 Å². The molecule has 3 nitrogen and oxygen atoms in total. The van der Waals surface area contributed by atoms with Crippen molar-refractivity contribution in [2.75, 3.05) is 0 Å².